The Morgan fingerprint density at radius 2 is 1.05 bits per heavy atom. The number of carboxylic acids is 1. The molecule has 16 nitrogen and oxygen atoms in total. The molecule has 21 heteroatoms. The molecule has 0 spiro atoms. The quantitative estimate of drug-likeness (QED) is 0.144. The lowest BCUT2D eigenvalue weighted by Gasteiger charge is -2.26. The highest BCUT2D eigenvalue weighted by atomic mass is 32.2. The van der Waals surface area contributed by atoms with E-state index in [2.05, 4.69) is 9.97 Å². The van der Waals surface area contributed by atoms with E-state index in [9.17, 15) is 36.3 Å². The second kappa shape index (κ2) is 20.1. The predicted octanol–water partition coefficient (Wildman–Crippen LogP) is 5.90. The van der Waals surface area contributed by atoms with Crippen LogP contribution in [0.4, 0.5) is 21.0 Å². The van der Waals surface area contributed by atoms with Gasteiger partial charge in [0, 0.05) is 36.9 Å². The number of anilines is 4. The molecule has 0 bridgehead atoms. The van der Waals surface area contributed by atoms with Gasteiger partial charge in [-0.05, 0) is 66.0 Å². The minimum absolute atomic E-state index is 0.0289. The average Bonchev–Trinajstić information content (AvgIpc) is 4.10. The maximum atomic E-state index is 13.5. The summed E-state index contributed by atoms with van der Waals surface area (Å²) in [6.07, 6.45) is 0.188. The number of aromatic nitrogens is 2. The normalized spacial score (nSPS) is 14.4. The summed E-state index contributed by atoms with van der Waals surface area (Å²) in [6.45, 7) is 4.22. The zero-order chi connectivity index (χ0) is 43.7. The molecule has 2 aliphatic rings. The Balaban J connectivity index is 0.000000188. The lowest BCUT2D eigenvalue weighted by molar-refractivity contribution is -0.135. The van der Waals surface area contributed by atoms with Crippen LogP contribution in [0.3, 0.4) is 0 Å². The number of carboxylic acid groups (broad SMARTS) is 1. The van der Waals surface area contributed by atoms with Crippen LogP contribution in [-0.2, 0) is 52.0 Å². The van der Waals surface area contributed by atoms with Crippen LogP contribution in [0.15, 0.2) is 123 Å². The molecule has 1 N–H and O–H groups in total. The number of rotatable bonds is 13. The van der Waals surface area contributed by atoms with Gasteiger partial charge in [-0.25, -0.2) is 35.9 Å². The Morgan fingerprint density at radius 3 is 1.48 bits per heavy atom. The Bertz CT molecular complexity index is 2670. The third-order valence-corrected chi connectivity index (χ3v) is 15.8. The smallest absolute Gasteiger partial charge is 0.335 e. The van der Waals surface area contributed by atoms with E-state index in [4.69, 9.17) is 9.47 Å². The summed E-state index contributed by atoms with van der Waals surface area (Å²) in [4.78, 5) is 48.9. The van der Waals surface area contributed by atoms with Crippen LogP contribution in [0.25, 0.3) is 0 Å². The Kier molecular flexibility index (Phi) is 14.4. The van der Waals surface area contributed by atoms with Crippen LogP contribution >= 0.6 is 34.0 Å². The third kappa shape index (κ3) is 10.5. The van der Waals surface area contributed by atoms with Crippen molar-refractivity contribution in [3.8, 4) is 0 Å². The van der Waals surface area contributed by atoms with Gasteiger partial charge in [0.15, 0.2) is 0 Å². The summed E-state index contributed by atoms with van der Waals surface area (Å²) in [5.74, 6) is -1.24. The van der Waals surface area contributed by atoms with Gasteiger partial charge in [0.05, 0.1) is 71.7 Å². The molecule has 0 aliphatic carbocycles. The minimum Gasteiger partial charge on any atom is -0.478 e. The van der Waals surface area contributed by atoms with Crippen LogP contribution in [0.1, 0.15) is 21.7 Å². The lowest BCUT2D eigenvalue weighted by atomic mass is 10.2. The van der Waals surface area contributed by atoms with Gasteiger partial charge < -0.3 is 24.4 Å². The van der Waals surface area contributed by atoms with E-state index in [1.165, 1.54) is 63.4 Å². The number of morpholine rings is 2. The number of carbonyl (C=O) groups is 3. The van der Waals surface area contributed by atoms with Crippen molar-refractivity contribution in [3.05, 3.63) is 130 Å². The number of benzene rings is 3. The number of hydrogen-bond acceptors (Lipinski definition) is 14. The summed E-state index contributed by atoms with van der Waals surface area (Å²) in [5.41, 5.74) is 1.30. The largest absolute Gasteiger partial charge is 0.478 e. The first kappa shape index (κ1) is 44.5. The number of hydrogen-bond donors (Lipinski definition) is 1. The van der Waals surface area contributed by atoms with Gasteiger partial charge in [-0.3, -0.25) is 9.59 Å². The molecule has 0 unspecified atom stereocenters. The zero-order valence-corrected chi connectivity index (χ0v) is 37.0. The van der Waals surface area contributed by atoms with Crippen molar-refractivity contribution in [3.63, 3.8) is 0 Å². The fraction of sp³-hybridized carbons (Fsp3) is 0.244. The van der Waals surface area contributed by atoms with E-state index in [0.29, 0.717) is 74.1 Å². The first-order valence-corrected chi connectivity index (χ1v) is 24.6. The highest BCUT2D eigenvalue weighted by Gasteiger charge is 2.32. The molecule has 62 heavy (non-hydrogen) atoms. The van der Waals surface area contributed by atoms with Gasteiger partial charge in [0.1, 0.15) is 5.00 Å². The number of nitrogens with zero attached hydrogens (tertiary/aromatic N) is 6. The molecule has 2 aliphatic heterocycles. The standard InChI is InChI=1S/C22H21N3O6S2.C19H19N3O4S3/c26-20(24-10-12-31-13-11-24)14-17-15-32-22(23-17)25(18-8-6-16(7-9-18)21(27)28)33(29,30)19-4-2-1-3-5-19;23-17(21-8-10-26-11-9-21)13-15-14-28-19(20-15)22(18-7-4-12-27-18)29(24,25)16-5-2-1-3-6-16/h1-9,15H,10-14H2,(H,27,28);1-7,12,14H,8-11,13H2. The van der Waals surface area contributed by atoms with Gasteiger partial charge in [-0.2, -0.15) is 4.31 Å². The van der Waals surface area contributed by atoms with Crippen LogP contribution in [-0.4, -0.2) is 112 Å². The van der Waals surface area contributed by atoms with Crippen LogP contribution in [0.5, 0.6) is 0 Å². The van der Waals surface area contributed by atoms with Gasteiger partial charge in [-0.1, -0.05) is 36.4 Å². The van der Waals surface area contributed by atoms with E-state index >= 15 is 0 Å². The SMILES string of the molecule is O=C(Cc1csc(N(c2cccs2)S(=O)(=O)c2ccccc2)n1)N1CCOCC1.O=C(O)c1ccc(N(c2nc(CC(=O)N3CCOCC3)cs2)S(=O)(=O)c2ccccc2)cc1. The number of carbonyl (C=O) groups excluding carboxylic acids is 2. The third-order valence-electron chi connectivity index (χ3n) is 9.44. The minimum atomic E-state index is -4.05. The Hall–Kier alpha value is -5.55. The monoisotopic (exact) mass is 936 g/mol. The molecule has 0 saturated carbocycles. The number of aromatic carboxylic acids is 1. The highest BCUT2D eigenvalue weighted by molar-refractivity contribution is 7.93. The topological polar surface area (TPSA) is 197 Å². The molecular formula is C41H40N6O10S5. The van der Waals surface area contributed by atoms with Crippen molar-refractivity contribution < 1.29 is 45.8 Å². The van der Waals surface area contributed by atoms with Crippen LogP contribution in [0.2, 0.25) is 0 Å². The average molecular weight is 937 g/mol. The Labute approximate surface area is 370 Å². The lowest BCUT2D eigenvalue weighted by Crippen LogP contribution is -2.41. The number of thiazole rings is 2. The maximum absolute atomic E-state index is 13.5. The number of amides is 2. The number of ether oxygens (including phenoxy) is 2. The summed E-state index contributed by atoms with van der Waals surface area (Å²) < 4.78 is 66.5. The number of thiophene rings is 1. The van der Waals surface area contributed by atoms with Gasteiger partial charge >= 0.3 is 5.97 Å². The molecule has 2 saturated heterocycles. The van der Waals surface area contributed by atoms with Crippen molar-refractivity contribution in [2.24, 2.45) is 0 Å². The molecule has 8 rings (SSSR count). The molecule has 324 valence electrons. The molecular weight excluding hydrogens is 897 g/mol. The van der Waals surface area contributed by atoms with Crippen LogP contribution in [0, 0.1) is 0 Å². The van der Waals surface area contributed by atoms with Gasteiger partial charge in [0.25, 0.3) is 20.0 Å². The van der Waals surface area contributed by atoms with E-state index in [0.717, 1.165) is 15.6 Å². The summed E-state index contributed by atoms with van der Waals surface area (Å²) in [7, 11) is -7.89. The van der Waals surface area contributed by atoms with E-state index in [1.807, 2.05) is 5.38 Å². The maximum Gasteiger partial charge on any atom is 0.335 e. The van der Waals surface area contributed by atoms with Crippen molar-refractivity contribution in [1.29, 1.82) is 0 Å². The second-order valence-corrected chi connectivity index (χ2v) is 19.7. The van der Waals surface area contributed by atoms with Crippen molar-refractivity contribution in [2.45, 2.75) is 22.6 Å². The zero-order valence-electron chi connectivity index (χ0n) is 32.9. The van der Waals surface area contributed by atoms with Crippen molar-refractivity contribution >= 4 is 92.8 Å². The fourth-order valence-electron chi connectivity index (χ4n) is 6.29. The predicted molar refractivity (Wildman–Crippen MR) is 236 cm³/mol. The highest BCUT2D eigenvalue weighted by Crippen LogP contribution is 2.38. The van der Waals surface area contributed by atoms with Gasteiger partial charge in [0.2, 0.25) is 22.1 Å². The molecule has 2 fully saturated rings. The molecule has 0 atom stereocenters. The van der Waals surface area contributed by atoms with Crippen molar-refractivity contribution in [1.82, 2.24) is 19.8 Å². The van der Waals surface area contributed by atoms with E-state index < -0.39 is 26.0 Å². The molecule has 3 aromatic carbocycles. The fourth-order valence-corrected chi connectivity index (χ4v) is 12.4. The first-order chi connectivity index (χ1) is 29.9. The summed E-state index contributed by atoms with van der Waals surface area (Å²) in [6, 6.07) is 25.2. The first-order valence-electron chi connectivity index (χ1n) is 19.1. The van der Waals surface area contributed by atoms with E-state index in [-0.39, 0.29) is 50.8 Å². The second-order valence-electron chi connectivity index (χ2n) is 13.6. The van der Waals surface area contributed by atoms with Gasteiger partial charge in [-0.15, -0.1) is 34.0 Å². The van der Waals surface area contributed by atoms with Crippen molar-refractivity contribution in [2.75, 3.05) is 61.2 Å². The van der Waals surface area contributed by atoms with E-state index in [1.54, 1.807) is 81.2 Å². The number of sulfonamides is 2. The molecule has 6 aromatic rings. The molecule has 3 aromatic heterocycles. The summed E-state index contributed by atoms with van der Waals surface area (Å²) >= 11 is 3.63. The Morgan fingerprint density at radius 1 is 0.597 bits per heavy atom. The van der Waals surface area contributed by atoms with Crippen LogP contribution < -0.4 is 8.61 Å². The molecule has 0 radical (unpaired) electrons. The summed E-state index contributed by atoms with van der Waals surface area (Å²) in [5, 5.41) is 15.4. The molecule has 2 amide bonds. The molecule has 5 heterocycles.